The minimum Gasteiger partial charge on any atom is -0.495 e. The summed E-state index contributed by atoms with van der Waals surface area (Å²) in [5, 5.41) is 9.25. The highest BCUT2D eigenvalue weighted by molar-refractivity contribution is 7.92. The van der Waals surface area contributed by atoms with Gasteiger partial charge in [0.1, 0.15) is 11.4 Å². The van der Waals surface area contributed by atoms with Crippen LogP contribution in [-0.4, -0.2) is 31.6 Å². The molecule has 0 amide bonds. The maximum atomic E-state index is 12.8. The molecular formula is C17H11NO6S. The molecule has 126 valence electrons. The number of nitrogens with one attached hydrogen (secondary N) is 1. The summed E-state index contributed by atoms with van der Waals surface area (Å²) in [6.45, 7) is 0. The lowest BCUT2D eigenvalue weighted by Gasteiger charge is -2.11. The fraction of sp³-hybridized carbons (Fsp3) is 0.0588. The summed E-state index contributed by atoms with van der Waals surface area (Å²) >= 11 is 0. The van der Waals surface area contributed by atoms with Gasteiger partial charge in [-0.2, -0.15) is 0 Å². The number of aromatic nitrogens is 1. The van der Waals surface area contributed by atoms with Gasteiger partial charge in [-0.25, -0.2) is 13.2 Å². The van der Waals surface area contributed by atoms with Gasteiger partial charge in [-0.15, -0.1) is 0 Å². The Hall–Kier alpha value is -3.13. The summed E-state index contributed by atoms with van der Waals surface area (Å²) in [7, 11) is -2.46. The Morgan fingerprint density at radius 3 is 2.56 bits per heavy atom. The Morgan fingerprint density at radius 2 is 1.88 bits per heavy atom. The second kappa shape index (κ2) is 4.93. The monoisotopic (exact) mass is 357 g/mol. The third-order valence-electron chi connectivity index (χ3n) is 4.22. The van der Waals surface area contributed by atoms with Gasteiger partial charge in [-0.1, -0.05) is 18.2 Å². The molecule has 0 bridgehead atoms. The standard InChI is InChI=1S/C17H11NO6S/c1-24-11-7-13-14(8-4-2-3-5-12(8)25(13,22)23)15-10(19)6-9(17(20)21)18-16(11)15/h2-7H,1H3,(H,18,19)(H,20,21). The second-order valence-corrected chi connectivity index (χ2v) is 7.44. The molecule has 0 spiro atoms. The fourth-order valence-corrected chi connectivity index (χ4v) is 4.86. The van der Waals surface area contributed by atoms with Gasteiger partial charge in [0, 0.05) is 23.3 Å². The molecule has 2 aromatic carbocycles. The van der Waals surface area contributed by atoms with E-state index in [4.69, 9.17) is 9.84 Å². The predicted octanol–water partition coefficient (Wildman–Crippen LogP) is 2.05. The van der Waals surface area contributed by atoms with Gasteiger partial charge in [0.2, 0.25) is 9.84 Å². The molecule has 25 heavy (non-hydrogen) atoms. The lowest BCUT2D eigenvalue weighted by atomic mass is 9.99. The van der Waals surface area contributed by atoms with Crippen LogP contribution in [0.15, 0.2) is 51.0 Å². The number of aromatic amines is 1. The summed E-state index contributed by atoms with van der Waals surface area (Å²) in [6.07, 6.45) is 0. The number of carboxylic acids is 1. The molecule has 2 N–H and O–H groups in total. The van der Waals surface area contributed by atoms with Crippen molar-refractivity contribution in [3.8, 4) is 16.9 Å². The summed E-state index contributed by atoms with van der Waals surface area (Å²) in [6, 6.07) is 8.64. The number of hydrogen-bond donors (Lipinski definition) is 2. The smallest absolute Gasteiger partial charge is 0.352 e. The number of rotatable bonds is 2. The van der Waals surface area contributed by atoms with Crippen molar-refractivity contribution in [2.75, 3.05) is 7.11 Å². The number of H-pyrrole nitrogens is 1. The van der Waals surface area contributed by atoms with Gasteiger partial charge in [-0.05, 0) is 6.07 Å². The summed E-state index contributed by atoms with van der Waals surface area (Å²) in [5.74, 6) is -1.21. The number of pyridine rings is 1. The van der Waals surface area contributed by atoms with E-state index < -0.39 is 21.2 Å². The molecule has 0 radical (unpaired) electrons. The minimum absolute atomic E-state index is 0.0216. The summed E-state index contributed by atoms with van der Waals surface area (Å²) in [5.41, 5.74) is -0.0561. The van der Waals surface area contributed by atoms with Gasteiger partial charge in [0.15, 0.2) is 5.43 Å². The number of fused-ring (bicyclic) bond motifs is 5. The third kappa shape index (κ3) is 1.94. The molecule has 1 aliphatic heterocycles. The van der Waals surface area contributed by atoms with Crippen LogP contribution in [0.2, 0.25) is 0 Å². The lowest BCUT2D eigenvalue weighted by molar-refractivity contribution is 0.0691. The van der Waals surface area contributed by atoms with E-state index in [-0.39, 0.29) is 37.7 Å². The molecule has 3 aromatic rings. The zero-order valence-electron chi connectivity index (χ0n) is 12.9. The van der Waals surface area contributed by atoms with Crippen molar-refractivity contribution in [2.24, 2.45) is 0 Å². The first-order chi connectivity index (χ1) is 11.9. The summed E-state index contributed by atoms with van der Waals surface area (Å²) < 4.78 is 30.8. The average Bonchev–Trinajstić information content (AvgIpc) is 2.81. The molecule has 0 saturated heterocycles. The molecule has 1 aromatic heterocycles. The normalized spacial score (nSPS) is 14.1. The van der Waals surface area contributed by atoms with E-state index in [0.717, 1.165) is 6.07 Å². The van der Waals surface area contributed by atoms with Gasteiger partial charge in [0.05, 0.1) is 27.8 Å². The molecule has 8 heteroatoms. The van der Waals surface area contributed by atoms with E-state index in [0.29, 0.717) is 5.56 Å². The zero-order valence-corrected chi connectivity index (χ0v) is 13.7. The Morgan fingerprint density at radius 1 is 1.16 bits per heavy atom. The predicted molar refractivity (Wildman–Crippen MR) is 89.0 cm³/mol. The first kappa shape index (κ1) is 15.4. The lowest BCUT2D eigenvalue weighted by Crippen LogP contribution is -2.11. The van der Waals surface area contributed by atoms with Crippen molar-refractivity contribution in [2.45, 2.75) is 9.79 Å². The van der Waals surface area contributed by atoms with Crippen molar-refractivity contribution < 1.29 is 23.1 Å². The number of sulfone groups is 1. The van der Waals surface area contributed by atoms with E-state index >= 15 is 0 Å². The van der Waals surface area contributed by atoms with E-state index in [1.807, 2.05) is 0 Å². The fourth-order valence-electron chi connectivity index (χ4n) is 3.16. The van der Waals surface area contributed by atoms with Crippen LogP contribution in [0, 0.1) is 0 Å². The second-order valence-electron chi connectivity index (χ2n) is 5.55. The van der Waals surface area contributed by atoms with Crippen LogP contribution in [0.4, 0.5) is 0 Å². The van der Waals surface area contributed by atoms with Gasteiger partial charge < -0.3 is 14.8 Å². The third-order valence-corrected chi connectivity index (χ3v) is 6.06. The largest absolute Gasteiger partial charge is 0.495 e. The molecule has 7 nitrogen and oxygen atoms in total. The van der Waals surface area contributed by atoms with Crippen molar-refractivity contribution in [3.05, 3.63) is 52.3 Å². The Kier molecular flexibility index (Phi) is 3.04. The number of aromatic carboxylic acids is 1. The first-order valence-corrected chi connectivity index (χ1v) is 8.70. The van der Waals surface area contributed by atoms with Crippen LogP contribution >= 0.6 is 0 Å². The van der Waals surface area contributed by atoms with Crippen molar-refractivity contribution in [3.63, 3.8) is 0 Å². The minimum atomic E-state index is -3.78. The number of carboxylic acid groups (broad SMARTS) is 1. The molecule has 0 unspecified atom stereocenters. The van der Waals surface area contributed by atoms with Crippen LogP contribution in [0.3, 0.4) is 0 Å². The zero-order chi connectivity index (χ0) is 17.9. The van der Waals surface area contributed by atoms with Crippen LogP contribution in [-0.2, 0) is 9.84 Å². The van der Waals surface area contributed by atoms with Crippen molar-refractivity contribution >= 4 is 26.7 Å². The van der Waals surface area contributed by atoms with E-state index in [1.165, 1.54) is 19.2 Å². The number of methoxy groups -OCH3 is 1. The Labute approximate surface area is 141 Å². The molecule has 2 heterocycles. The number of carbonyl (C=O) groups is 1. The number of ether oxygens (including phenoxy) is 1. The Balaban J connectivity index is 2.29. The van der Waals surface area contributed by atoms with Crippen LogP contribution in [0.5, 0.6) is 5.75 Å². The van der Waals surface area contributed by atoms with E-state index in [1.54, 1.807) is 18.2 Å². The summed E-state index contributed by atoms with van der Waals surface area (Å²) in [4.78, 5) is 26.6. The molecular weight excluding hydrogens is 346 g/mol. The highest BCUT2D eigenvalue weighted by Crippen LogP contribution is 2.47. The maximum absolute atomic E-state index is 12.8. The molecule has 0 saturated carbocycles. The topological polar surface area (TPSA) is 114 Å². The van der Waals surface area contributed by atoms with Crippen LogP contribution in [0.25, 0.3) is 22.0 Å². The SMILES string of the molecule is COc1cc2c(c3c(=O)cc(C(=O)O)[nH]c13)-c1ccccc1S2(=O)=O. The number of hydrogen-bond acceptors (Lipinski definition) is 5. The van der Waals surface area contributed by atoms with Gasteiger partial charge in [-0.3, -0.25) is 4.79 Å². The van der Waals surface area contributed by atoms with E-state index in [9.17, 15) is 18.0 Å². The molecule has 4 rings (SSSR count). The molecule has 0 atom stereocenters. The first-order valence-electron chi connectivity index (χ1n) is 7.22. The molecule has 1 aliphatic rings. The van der Waals surface area contributed by atoms with Gasteiger partial charge in [0.25, 0.3) is 0 Å². The number of benzene rings is 2. The van der Waals surface area contributed by atoms with Crippen LogP contribution < -0.4 is 10.2 Å². The van der Waals surface area contributed by atoms with E-state index in [2.05, 4.69) is 4.98 Å². The Bertz CT molecular complexity index is 1240. The van der Waals surface area contributed by atoms with Gasteiger partial charge >= 0.3 is 5.97 Å². The van der Waals surface area contributed by atoms with Crippen molar-refractivity contribution in [1.29, 1.82) is 0 Å². The highest BCUT2D eigenvalue weighted by Gasteiger charge is 2.36. The van der Waals surface area contributed by atoms with Crippen molar-refractivity contribution in [1.82, 2.24) is 4.98 Å². The van der Waals surface area contributed by atoms with Crippen LogP contribution in [0.1, 0.15) is 10.5 Å². The molecule has 0 fully saturated rings. The quantitative estimate of drug-likeness (QED) is 0.568. The maximum Gasteiger partial charge on any atom is 0.352 e. The molecule has 0 aliphatic carbocycles. The highest BCUT2D eigenvalue weighted by atomic mass is 32.2. The average molecular weight is 357 g/mol.